The van der Waals surface area contributed by atoms with Crippen LogP contribution in [0.25, 0.3) is 0 Å². The fraction of sp³-hybridized carbons (Fsp3) is 0.188. The zero-order valence-electron chi connectivity index (χ0n) is 11.6. The highest BCUT2D eigenvalue weighted by atomic mass is 79.9. The summed E-state index contributed by atoms with van der Waals surface area (Å²) in [5, 5.41) is 2.70. The summed E-state index contributed by atoms with van der Waals surface area (Å²) in [7, 11) is 0. The fourth-order valence-corrected chi connectivity index (χ4v) is 2.32. The van der Waals surface area contributed by atoms with Crippen molar-refractivity contribution in [3.05, 3.63) is 69.2 Å². The van der Waals surface area contributed by atoms with Gasteiger partial charge in [0.2, 0.25) is 0 Å². The number of halogens is 3. The van der Waals surface area contributed by atoms with Crippen LogP contribution in [0.4, 0.5) is 8.78 Å². The average molecular weight is 354 g/mol. The second kappa shape index (κ2) is 6.35. The molecule has 2 aromatic carbocycles. The molecule has 1 atom stereocenters. The molecule has 2 aromatic rings. The first-order valence-electron chi connectivity index (χ1n) is 6.40. The zero-order chi connectivity index (χ0) is 15.6. The molecule has 110 valence electrons. The van der Waals surface area contributed by atoms with Gasteiger partial charge in [-0.25, -0.2) is 8.78 Å². The van der Waals surface area contributed by atoms with E-state index in [1.54, 1.807) is 19.1 Å². The highest BCUT2D eigenvalue weighted by molar-refractivity contribution is 9.10. The van der Waals surface area contributed by atoms with Crippen molar-refractivity contribution in [2.45, 2.75) is 19.9 Å². The van der Waals surface area contributed by atoms with Gasteiger partial charge in [-0.05, 0) is 37.6 Å². The molecule has 0 aliphatic carbocycles. The molecule has 0 fully saturated rings. The lowest BCUT2D eigenvalue weighted by molar-refractivity contribution is 0.0939. The molecule has 0 aromatic heterocycles. The summed E-state index contributed by atoms with van der Waals surface area (Å²) in [6, 6.07) is 7.98. The number of nitrogens with one attached hydrogen (secondary N) is 1. The Hall–Kier alpha value is -1.75. The van der Waals surface area contributed by atoms with Gasteiger partial charge in [-0.15, -0.1) is 0 Å². The molecule has 1 amide bonds. The van der Waals surface area contributed by atoms with Gasteiger partial charge in [-0.3, -0.25) is 4.79 Å². The molecule has 1 unspecified atom stereocenters. The van der Waals surface area contributed by atoms with Crippen LogP contribution in [0, 0.1) is 18.6 Å². The fourth-order valence-electron chi connectivity index (χ4n) is 1.94. The van der Waals surface area contributed by atoms with Crippen molar-refractivity contribution in [3.63, 3.8) is 0 Å². The van der Waals surface area contributed by atoms with Crippen LogP contribution in [0.1, 0.15) is 34.5 Å². The Balaban J connectivity index is 2.16. The Morgan fingerprint density at radius 1 is 1.19 bits per heavy atom. The maximum Gasteiger partial charge on any atom is 0.251 e. The highest BCUT2D eigenvalue weighted by Gasteiger charge is 2.15. The molecule has 0 bridgehead atoms. The summed E-state index contributed by atoms with van der Waals surface area (Å²) in [6.45, 7) is 3.57. The van der Waals surface area contributed by atoms with Crippen LogP contribution in [-0.2, 0) is 0 Å². The minimum absolute atomic E-state index is 0.246. The summed E-state index contributed by atoms with van der Waals surface area (Å²) >= 11 is 3.36. The number of carbonyl (C=O) groups excluding carboxylic acids is 1. The summed E-state index contributed by atoms with van der Waals surface area (Å²) in [5.74, 6) is -1.63. The maximum atomic E-state index is 13.7. The zero-order valence-corrected chi connectivity index (χ0v) is 13.2. The van der Waals surface area contributed by atoms with Gasteiger partial charge < -0.3 is 5.32 Å². The van der Waals surface area contributed by atoms with Crippen LogP contribution in [0.5, 0.6) is 0 Å². The molecular weight excluding hydrogens is 340 g/mol. The van der Waals surface area contributed by atoms with E-state index in [1.165, 1.54) is 12.1 Å². The van der Waals surface area contributed by atoms with Crippen LogP contribution < -0.4 is 5.32 Å². The molecule has 21 heavy (non-hydrogen) atoms. The minimum Gasteiger partial charge on any atom is -0.345 e. The van der Waals surface area contributed by atoms with Gasteiger partial charge in [0.1, 0.15) is 11.6 Å². The van der Waals surface area contributed by atoms with Crippen molar-refractivity contribution in [2.24, 2.45) is 0 Å². The first-order valence-corrected chi connectivity index (χ1v) is 7.19. The number of carbonyl (C=O) groups is 1. The van der Waals surface area contributed by atoms with Crippen LogP contribution in [0.2, 0.25) is 0 Å². The van der Waals surface area contributed by atoms with Crippen molar-refractivity contribution in [3.8, 4) is 0 Å². The predicted molar refractivity (Wildman–Crippen MR) is 81.1 cm³/mol. The number of hydrogen-bond donors (Lipinski definition) is 1. The number of aryl methyl sites for hydroxylation is 1. The molecule has 1 N–H and O–H groups in total. The van der Waals surface area contributed by atoms with E-state index < -0.39 is 17.7 Å². The Morgan fingerprint density at radius 3 is 2.52 bits per heavy atom. The van der Waals surface area contributed by atoms with E-state index in [4.69, 9.17) is 0 Å². The monoisotopic (exact) mass is 353 g/mol. The highest BCUT2D eigenvalue weighted by Crippen LogP contribution is 2.20. The van der Waals surface area contributed by atoms with Crippen LogP contribution in [0.15, 0.2) is 40.9 Å². The van der Waals surface area contributed by atoms with Gasteiger partial charge in [0.05, 0.1) is 6.04 Å². The normalized spacial score (nSPS) is 12.0. The van der Waals surface area contributed by atoms with E-state index in [1.807, 2.05) is 13.0 Å². The summed E-state index contributed by atoms with van der Waals surface area (Å²) in [4.78, 5) is 12.1. The molecule has 0 aliphatic heterocycles. The predicted octanol–water partition coefficient (Wildman–Crippen LogP) is 4.53. The van der Waals surface area contributed by atoms with Gasteiger partial charge in [-0.1, -0.05) is 28.1 Å². The van der Waals surface area contributed by atoms with Crippen LogP contribution >= 0.6 is 15.9 Å². The van der Waals surface area contributed by atoms with Gasteiger partial charge in [-0.2, -0.15) is 0 Å². The average Bonchev–Trinajstić information content (AvgIpc) is 2.41. The first-order chi connectivity index (χ1) is 9.88. The van der Waals surface area contributed by atoms with E-state index in [9.17, 15) is 13.6 Å². The first kappa shape index (κ1) is 15.6. The third kappa shape index (κ3) is 3.67. The molecule has 0 heterocycles. The second-order valence-corrected chi connectivity index (χ2v) is 5.68. The Kier molecular flexibility index (Phi) is 4.73. The standard InChI is InChI=1S/C16H14BrF2NO/c1-9-3-4-11(7-14(9)17)16(21)20-10(2)13-6-5-12(18)8-15(13)19/h3-8,10H,1-2H3,(H,20,21). The summed E-state index contributed by atoms with van der Waals surface area (Å²) in [6.07, 6.45) is 0. The van der Waals surface area contributed by atoms with Gasteiger partial charge >= 0.3 is 0 Å². The Bertz CT molecular complexity index is 688. The van der Waals surface area contributed by atoms with Crippen LogP contribution in [0.3, 0.4) is 0 Å². The lowest BCUT2D eigenvalue weighted by Crippen LogP contribution is -2.27. The van der Waals surface area contributed by atoms with Crippen molar-refractivity contribution < 1.29 is 13.6 Å². The van der Waals surface area contributed by atoms with Gasteiger partial charge in [0.25, 0.3) is 5.91 Å². The molecule has 0 aliphatic rings. The van der Waals surface area contributed by atoms with Crippen molar-refractivity contribution in [1.82, 2.24) is 5.32 Å². The van der Waals surface area contributed by atoms with Crippen LogP contribution in [-0.4, -0.2) is 5.91 Å². The van der Waals surface area contributed by atoms with Crippen molar-refractivity contribution in [2.75, 3.05) is 0 Å². The molecule has 2 rings (SSSR count). The largest absolute Gasteiger partial charge is 0.345 e. The maximum absolute atomic E-state index is 13.7. The van der Waals surface area contributed by atoms with Crippen molar-refractivity contribution >= 4 is 21.8 Å². The summed E-state index contributed by atoms with van der Waals surface area (Å²) < 4.78 is 27.4. The third-order valence-corrected chi connectivity index (χ3v) is 4.06. The number of hydrogen-bond acceptors (Lipinski definition) is 1. The van der Waals surface area contributed by atoms with Crippen molar-refractivity contribution in [1.29, 1.82) is 0 Å². The third-order valence-electron chi connectivity index (χ3n) is 3.21. The van der Waals surface area contributed by atoms with E-state index in [0.717, 1.165) is 16.1 Å². The van der Waals surface area contributed by atoms with E-state index in [2.05, 4.69) is 21.2 Å². The molecular formula is C16H14BrF2NO. The minimum atomic E-state index is -0.673. The molecule has 0 spiro atoms. The quantitative estimate of drug-likeness (QED) is 0.862. The van der Waals surface area contributed by atoms with E-state index in [0.29, 0.717) is 5.56 Å². The topological polar surface area (TPSA) is 29.1 Å². The molecule has 0 saturated heterocycles. The van der Waals surface area contributed by atoms with Gasteiger partial charge in [0.15, 0.2) is 0 Å². The molecule has 2 nitrogen and oxygen atoms in total. The summed E-state index contributed by atoms with van der Waals surface area (Å²) in [5.41, 5.74) is 1.74. The van der Waals surface area contributed by atoms with E-state index >= 15 is 0 Å². The molecule has 0 radical (unpaired) electrons. The lowest BCUT2D eigenvalue weighted by atomic mass is 10.1. The Labute approximate surface area is 130 Å². The lowest BCUT2D eigenvalue weighted by Gasteiger charge is -2.15. The van der Waals surface area contributed by atoms with Gasteiger partial charge in [0, 0.05) is 21.7 Å². The number of benzene rings is 2. The molecule has 5 heteroatoms. The number of amides is 1. The van der Waals surface area contributed by atoms with E-state index in [-0.39, 0.29) is 11.5 Å². The second-order valence-electron chi connectivity index (χ2n) is 4.82. The smallest absolute Gasteiger partial charge is 0.251 e. The Morgan fingerprint density at radius 2 is 1.90 bits per heavy atom. The SMILES string of the molecule is Cc1ccc(C(=O)NC(C)c2ccc(F)cc2F)cc1Br. The molecule has 0 saturated carbocycles. The number of rotatable bonds is 3.